The third-order valence-electron chi connectivity index (χ3n) is 3.41. The van der Waals surface area contributed by atoms with E-state index < -0.39 is 15.7 Å². The Hall–Kier alpha value is -1.73. The lowest BCUT2D eigenvalue weighted by Gasteiger charge is -2.33. The van der Waals surface area contributed by atoms with Gasteiger partial charge in [0.05, 0.1) is 7.11 Å². The van der Waals surface area contributed by atoms with Gasteiger partial charge in [-0.1, -0.05) is 46.4 Å². The number of carbonyl (C=O) groups excluding carboxylic acids is 1. The van der Waals surface area contributed by atoms with Crippen molar-refractivity contribution in [2.45, 2.75) is 9.70 Å². The van der Waals surface area contributed by atoms with Crippen molar-refractivity contribution >= 4 is 58.1 Å². The van der Waals surface area contributed by atoms with Gasteiger partial charge in [0.25, 0.3) is 3.79 Å². The summed E-state index contributed by atoms with van der Waals surface area (Å²) in [5.41, 5.74) is 0.487. The SMILES string of the molecule is COc1ccc(NC(=O)NC2(C(Cl)(Cl)Cl)Oc3ccc(Cl)cc3O2)cc1. The van der Waals surface area contributed by atoms with Crippen molar-refractivity contribution in [2.24, 2.45) is 0 Å². The van der Waals surface area contributed by atoms with Crippen molar-refractivity contribution in [3.05, 3.63) is 47.5 Å². The number of amides is 2. The minimum atomic E-state index is -2.14. The molecule has 3 rings (SSSR count). The highest BCUT2D eigenvalue weighted by Gasteiger charge is 2.59. The van der Waals surface area contributed by atoms with Crippen molar-refractivity contribution in [3.63, 3.8) is 0 Å². The molecule has 0 saturated carbocycles. The van der Waals surface area contributed by atoms with Crippen LogP contribution in [0.5, 0.6) is 17.2 Å². The lowest BCUT2D eigenvalue weighted by Crippen LogP contribution is -2.64. The van der Waals surface area contributed by atoms with Gasteiger partial charge in [-0.15, -0.1) is 0 Å². The van der Waals surface area contributed by atoms with Gasteiger partial charge in [-0.2, -0.15) is 0 Å². The Labute approximate surface area is 169 Å². The minimum Gasteiger partial charge on any atom is -0.497 e. The maximum atomic E-state index is 12.4. The Morgan fingerprint density at radius 1 is 1.08 bits per heavy atom. The first kappa shape index (κ1) is 19.0. The summed E-state index contributed by atoms with van der Waals surface area (Å²) < 4.78 is 14.1. The molecule has 1 heterocycles. The van der Waals surface area contributed by atoms with Crippen LogP contribution < -0.4 is 24.8 Å². The zero-order chi connectivity index (χ0) is 18.9. The summed E-state index contributed by atoms with van der Waals surface area (Å²) in [6.07, 6.45) is 0. The van der Waals surface area contributed by atoms with Crippen molar-refractivity contribution in [2.75, 3.05) is 12.4 Å². The second-order valence-electron chi connectivity index (χ2n) is 5.22. The van der Waals surface area contributed by atoms with Crippen molar-refractivity contribution in [1.29, 1.82) is 0 Å². The highest BCUT2D eigenvalue weighted by molar-refractivity contribution is 6.68. The highest BCUT2D eigenvalue weighted by Crippen LogP contribution is 2.49. The number of anilines is 1. The first-order valence-corrected chi connectivity index (χ1v) is 8.71. The number of urea groups is 1. The Kier molecular flexibility index (Phi) is 5.21. The van der Waals surface area contributed by atoms with E-state index in [-0.39, 0.29) is 11.5 Å². The first-order chi connectivity index (χ1) is 12.2. The summed E-state index contributed by atoms with van der Waals surface area (Å²) in [5.74, 6) is -0.927. The molecule has 1 atom stereocenters. The largest absolute Gasteiger partial charge is 0.497 e. The molecule has 138 valence electrons. The van der Waals surface area contributed by atoms with Gasteiger partial charge in [0.1, 0.15) is 5.75 Å². The molecule has 6 nitrogen and oxygen atoms in total. The average Bonchev–Trinajstić information content (AvgIpc) is 2.93. The van der Waals surface area contributed by atoms with E-state index in [1.54, 1.807) is 43.5 Å². The summed E-state index contributed by atoms with van der Waals surface area (Å²) in [4.78, 5) is 12.4. The summed E-state index contributed by atoms with van der Waals surface area (Å²) in [6.45, 7) is 0. The maximum Gasteiger partial charge on any atom is 0.389 e. The number of hydrogen-bond acceptors (Lipinski definition) is 4. The molecule has 2 N–H and O–H groups in total. The van der Waals surface area contributed by atoms with E-state index in [2.05, 4.69) is 10.6 Å². The molecule has 1 aliphatic rings. The number of rotatable bonds is 3. The average molecular weight is 438 g/mol. The van der Waals surface area contributed by atoms with Gasteiger partial charge in [-0.05, 0) is 36.4 Å². The molecule has 0 spiro atoms. The molecular formula is C16H12Cl4N2O4. The summed E-state index contributed by atoms with van der Waals surface area (Å²) in [5, 5.41) is 5.40. The van der Waals surface area contributed by atoms with E-state index in [9.17, 15) is 4.79 Å². The number of ether oxygens (including phenoxy) is 3. The van der Waals surface area contributed by atoms with E-state index in [1.165, 1.54) is 6.07 Å². The van der Waals surface area contributed by atoms with Crippen LogP contribution in [0.2, 0.25) is 5.02 Å². The molecule has 0 radical (unpaired) electrons. The molecule has 10 heteroatoms. The normalized spacial score (nSPS) is 18.3. The predicted molar refractivity (Wildman–Crippen MR) is 101 cm³/mol. The number of halogens is 4. The summed E-state index contributed by atoms with van der Waals surface area (Å²) in [6, 6.07) is 10.5. The van der Waals surface area contributed by atoms with Gasteiger partial charge >= 0.3 is 11.9 Å². The Morgan fingerprint density at radius 2 is 1.73 bits per heavy atom. The number of alkyl halides is 3. The quantitative estimate of drug-likeness (QED) is 0.665. The molecule has 26 heavy (non-hydrogen) atoms. The Balaban J connectivity index is 1.78. The summed E-state index contributed by atoms with van der Waals surface area (Å²) >= 11 is 23.9. The van der Waals surface area contributed by atoms with Crippen LogP contribution in [-0.2, 0) is 0 Å². The topological polar surface area (TPSA) is 68.8 Å². The smallest absolute Gasteiger partial charge is 0.389 e. The molecule has 0 saturated heterocycles. The van der Waals surface area contributed by atoms with Gasteiger partial charge in [-0.3, -0.25) is 5.32 Å². The van der Waals surface area contributed by atoms with Gasteiger partial charge in [-0.25, -0.2) is 4.79 Å². The fourth-order valence-corrected chi connectivity index (χ4v) is 2.74. The number of hydrogen-bond donors (Lipinski definition) is 2. The Bertz CT molecular complexity index is 826. The number of methoxy groups -OCH3 is 1. The van der Waals surface area contributed by atoms with E-state index in [0.29, 0.717) is 16.5 Å². The van der Waals surface area contributed by atoms with E-state index in [4.69, 9.17) is 60.6 Å². The molecule has 2 amide bonds. The third-order valence-corrected chi connectivity index (χ3v) is 4.39. The Morgan fingerprint density at radius 3 is 2.35 bits per heavy atom. The second-order valence-corrected chi connectivity index (χ2v) is 7.93. The van der Waals surface area contributed by atoms with Crippen molar-refractivity contribution in [1.82, 2.24) is 5.32 Å². The molecule has 1 unspecified atom stereocenters. The van der Waals surface area contributed by atoms with Crippen molar-refractivity contribution < 1.29 is 19.0 Å². The number of nitrogens with one attached hydrogen (secondary N) is 2. The first-order valence-electron chi connectivity index (χ1n) is 7.20. The number of benzene rings is 2. The van der Waals surface area contributed by atoms with Crippen LogP contribution in [0.25, 0.3) is 0 Å². The zero-order valence-corrected chi connectivity index (χ0v) is 16.2. The molecule has 1 aliphatic heterocycles. The van der Waals surface area contributed by atoms with Crippen LogP contribution in [0.4, 0.5) is 10.5 Å². The monoisotopic (exact) mass is 436 g/mol. The second kappa shape index (κ2) is 7.12. The van der Waals surface area contributed by atoms with Crippen LogP contribution in [0.15, 0.2) is 42.5 Å². The van der Waals surface area contributed by atoms with E-state index in [1.807, 2.05) is 0 Å². The lowest BCUT2D eigenvalue weighted by molar-refractivity contribution is -0.0922. The van der Waals surface area contributed by atoms with Gasteiger partial charge in [0.2, 0.25) is 0 Å². The van der Waals surface area contributed by atoms with Gasteiger partial charge < -0.3 is 19.5 Å². The van der Waals surface area contributed by atoms with Crippen LogP contribution in [0, 0.1) is 0 Å². The molecule has 2 aromatic rings. The minimum absolute atomic E-state index is 0.230. The lowest BCUT2D eigenvalue weighted by atomic mass is 10.3. The van der Waals surface area contributed by atoms with E-state index in [0.717, 1.165) is 0 Å². The van der Waals surface area contributed by atoms with E-state index >= 15 is 0 Å². The van der Waals surface area contributed by atoms with Crippen LogP contribution in [0.3, 0.4) is 0 Å². The summed E-state index contributed by atoms with van der Waals surface area (Å²) in [7, 11) is 1.54. The predicted octanol–water partition coefficient (Wildman–Crippen LogP) is 4.97. The molecule has 0 aromatic heterocycles. The molecule has 0 fully saturated rings. The highest BCUT2D eigenvalue weighted by atomic mass is 35.6. The van der Waals surface area contributed by atoms with Crippen LogP contribution in [-0.4, -0.2) is 22.8 Å². The fourth-order valence-electron chi connectivity index (χ4n) is 2.20. The zero-order valence-electron chi connectivity index (χ0n) is 13.2. The van der Waals surface area contributed by atoms with Crippen LogP contribution >= 0.6 is 46.4 Å². The molecule has 0 aliphatic carbocycles. The number of fused-ring (bicyclic) bond motifs is 1. The van der Waals surface area contributed by atoms with Crippen molar-refractivity contribution in [3.8, 4) is 17.2 Å². The van der Waals surface area contributed by atoms with Gasteiger partial charge in [0, 0.05) is 16.8 Å². The molecule has 2 aromatic carbocycles. The molecule has 0 bridgehead atoms. The third kappa shape index (κ3) is 3.83. The maximum absolute atomic E-state index is 12.4. The molecular weight excluding hydrogens is 426 g/mol. The fraction of sp³-hybridized carbons (Fsp3) is 0.188. The number of carbonyl (C=O) groups is 1. The van der Waals surface area contributed by atoms with Gasteiger partial charge in [0.15, 0.2) is 11.5 Å². The van der Waals surface area contributed by atoms with Crippen LogP contribution in [0.1, 0.15) is 0 Å². The standard InChI is InChI=1S/C16H12Cl4N2O4/c1-24-11-5-3-10(4-6-11)21-14(23)22-16(15(18,19)20)25-12-7-2-9(17)8-13(12)26-16/h2-8H,1H3,(H2,21,22,23).